The Bertz CT molecular complexity index is 432. The maximum Gasteiger partial charge on any atom is 0.317 e. The smallest absolute Gasteiger partial charge is 0.317 e. The van der Waals surface area contributed by atoms with E-state index in [1.807, 2.05) is 19.9 Å². The summed E-state index contributed by atoms with van der Waals surface area (Å²) in [5, 5.41) is 19.6. The summed E-state index contributed by atoms with van der Waals surface area (Å²) in [7, 11) is 0. The molecule has 1 aromatic rings. The van der Waals surface area contributed by atoms with Gasteiger partial charge in [-0.25, -0.2) is 4.79 Å². The van der Waals surface area contributed by atoms with E-state index in [1.54, 1.807) is 4.90 Å². The predicted octanol–water partition coefficient (Wildman–Crippen LogP) is 0.815. The second kappa shape index (κ2) is 6.06. The number of urea groups is 1. The molecule has 0 aliphatic carbocycles. The summed E-state index contributed by atoms with van der Waals surface area (Å²) >= 11 is 0. The molecular weight excluding hydrogens is 244 g/mol. The molecule has 1 aliphatic heterocycles. The first kappa shape index (κ1) is 13.9. The summed E-state index contributed by atoms with van der Waals surface area (Å²) in [6.45, 7) is 5.06. The maximum absolute atomic E-state index is 12.0. The number of aliphatic hydroxyl groups is 1. The molecule has 1 saturated heterocycles. The van der Waals surface area contributed by atoms with Crippen molar-refractivity contribution >= 4 is 6.03 Å². The molecule has 2 heterocycles. The van der Waals surface area contributed by atoms with Crippen LogP contribution in [0.5, 0.6) is 0 Å². The zero-order chi connectivity index (χ0) is 13.8. The maximum atomic E-state index is 12.0. The van der Waals surface area contributed by atoms with Crippen LogP contribution in [0, 0.1) is 6.92 Å². The fourth-order valence-corrected chi connectivity index (χ4v) is 2.39. The monoisotopic (exact) mass is 266 g/mol. The number of aryl methyl sites for hydroxylation is 1. The first-order chi connectivity index (χ1) is 9.04. The van der Waals surface area contributed by atoms with E-state index >= 15 is 0 Å². The molecular formula is C13H22N4O2. The Morgan fingerprint density at radius 2 is 2.53 bits per heavy atom. The second-order valence-electron chi connectivity index (χ2n) is 5.34. The van der Waals surface area contributed by atoms with Crippen LogP contribution in [0.25, 0.3) is 0 Å². The van der Waals surface area contributed by atoms with Gasteiger partial charge in [-0.15, -0.1) is 0 Å². The standard InChI is InChI=1S/C13H22N4O2/c1-9(6-11-7-10(2)15-16-11)14-13(19)17-5-3-4-12(18)8-17/h7,9,12,18H,3-6,8H2,1-2H3,(H,14,19)(H,15,16)/t9?,12-/m0/s1. The molecule has 0 radical (unpaired) electrons. The Labute approximate surface area is 113 Å². The van der Waals surface area contributed by atoms with Gasteiger partial charge in [-0.3, -0.25) is 5.10 Å². The number of β-amino-alcohol motifs (C(OH)–C–C–N with tert-alkyl or cyclic N) is 1. The lowest BCUT2D eigenvalue weighted by Crippen LogP contribution is -2.49. The van der Waals surface area contributed by atoms with Crippen molar-refractivity contribution in [2.45, 2.75) is 45.3 Å². The van der Waals surface area contributed by atoms with Gasteiger partial charge in [-0.05, 0) is 32.8 Å². The van der Waals surface area contributed by atoms with E-state index in [9.17, 15) is 9.90 Å². The van der Waals surface area contributed by atoms with Crippen LogP contribution < -0.4 is 5.32 Å². The van der Waals surface area contributed by atoms with Gasteiger partial charge in [0.05, 0.1) is 11.8 Å². The Kier molecular flexibility index (Phi) is 4.42. The summed E-state index contributed by atoms with van der Waals surface area (Å²) in [5.41, 5.74) is 1.97. The van der Waals surface area contributed by atoms with Crippen molar-refractivity contribution in [2.75, 3.05) is 13.1 Å². The molecule has 2 atom stereocenters. The Morgan fingerprint density at radius 1 is 1.74 bits per heavy atom. The number of carbonyl (C=O) groups is 1. The molecule has 0 saturated carbocycles. The summed E-state index contributed by atoms with van der Waals surface area (Å²) < 4.78 is 0. The Morgan fingerprint density at radius 3 is 3.16 bits per heavy atom. The van der Waals surface area contributed by atoms with Gasteiger partial charge in [0, 0.05) is 31.2 Å². The zero-order valence-electron chi connectivity index (χ0n) is 11.5. The molecule has 0 spiro atoms. The summed E-state index contributed by atoms with van der Waals surface area (Å²) in [4.78, 5) is 13.7. The van der Waals surface area contributed by atoms with Crippen molar-refractivity contribution in [1.29, 1.82) is 0 Å². The third-order valence-electron chi connectivity index (χ3n) is 3.33. The molecule has 19 heavy (non-hydrogen) atoms. The first-order valence-electron chi connectivity index (χ1n) is 6.79. The number of hydrogen-bond donors (Lipinski definition) is 3. The average Bonchev–Trinajstić information content (AvgIpc) is 2.74. The number of nitrogens with one attached hydrogen (secondary N) is 2. The third kappa shape index (κ3) is 3.96. The van der Waals surface area contributed by atoms with Crippen LogP contribution in [0.2, 0.25) is 0 Å². The van der Waals surface area contributed by atoms with Crippen molar-refractivity contribution < 1.29 is 9.90 Å². The van der Waals surface area contributed by atoms with Gasteiger partial charge in [0.2, 0.25) is 0 Å². The highest BCUT2D eigenvalue weighted by atomic mass is 16.3. The molecule has 1 aromatic heterocycles. The van der Waals surface area contributed by atoms with E-state index in [2.05, 4.69) is 15.5 Å². The van der Waals surface area contributed by atoms with E-state index in [-0.39, 0.29) is 18.2 Å². The SMILES string of the molecule is Cc1cc(CC(C)NC(=O)N2CCC[C@H](O)C2)n[nH]1. The summed E-state index contributed by atoms with van der Waals surface area (Å²) in [5.74, 6) is 0. The number of amides is 2. The van der Waals surface area contributed by atoms with Crippen molar-refractivity contribution in [3.05, 3.63) is 17.5 Å². The highest BCUT2D eigenvalue weighted by molar-refractivity contribution is 5.74. The van der Waals surface area contributed by atoms with Crippen molar-refractivity contribution in [1.82, 2.24) is 20.4 Å². The van der Waals surface area contributed by atoms with Gasteiger partial charge >= 0.3 is 6.03 Å². The minimum Gasteiger partial charge on any atom is -0.391 e. The molecule has 0 bridgehead atoms. The molecule has 1 fully saturated rings. The number of carbonyl (C=O) groups excluding carboxylic acids is 1. The second-order valence-corrected chi connectivity index (χ2v) is 5.34. The van der Waals surface area contributed by atoms with Crippen LogP contribution >= 0.6 is 0 Å². The molecule has 1 unspecified atom stereocenters. The van der Waals surface area contributed by atoms with Crippen LogP contribution in [0.4, 0.5) is 4.79 Å². The van der Waals surface area contributed by atoms with Crippen LogP contribution in [-0.2, 0) is 6.42 Å². The Hall–Kier alpha value is -1.56. The molecule has 2 rings (SSSR count). The van der Waals surface area contributed by atoms with E-state index < -0.39 is 0 Å². The topological polar surface area (TPSA) is 81.2 Å². The van der Waals surface area contributed by atoms with Gasteiger partial charge < -0.3 is 15.3 Å². The van der Waals surface area contributed by atoms with Crippen molar-refractivity contribution in [3.8, 4) is 0 Å². The number of H-pyrrole nitrogens is 1. The quantitative estimate of drug-likeness (QED) is 0.757. The summed E-state index contributed by atoms with van der Waals surface area (Å²) in [6.07, 6.45) is 1.96. The van der Waals surface area contributed by atoms with E-state index in [0.29, 0.717) is 13.0 Å². The number of hydrogen-bond acceptors (Lipinski definition) is 3. The molecule has 3 N–H and O–H groups in total. The minimum atomic E-state index is -0.385. The van der Waals surface area contributed by atoms with Gasteiger partial charge in [-0.2, -0.15) is 5.10 Å². The summed E-state index contributed by atoms with van der Waals surface area (Å²) in [6, 6.07) is 1.90. The van der Waals surface area contributed by atoms with Crippen LogP contribution in [0.15, 0.2) is 6.07 Å². The van der Waals surface area contributed by atoms with Gasteiger partial charge in [0.25, 0.3) is 0 Å². The number of aromatic nitrogens is 2. The normalized spacial score (nSPS) is 21.2. The van der Waals surface area contributed by atoms with Crippen LogP contribution in [-0.4, -0.2) is 51.5 Å². The number of aliphatic hydroxyl groups excluding tert-OH is 1. The molecule has 0 aromatic carbocycles. The molecule has 106 valence electrons. The van der Waals surface area contributed by atoms with Crippen molar-refractivity contribution in [2.24, 2.45) is 0 Å². The van der Waals surface area contributed by atoms with E-state index in [0.717, 1.165) is 30.8 Å². The van der Waals surface area contributed by atoms with E-state index in [4.69, 9.17) is 0 Å². The van der Waals surface area contributed by atoms with Gasteiger partial charge in [-0.1, -0.05) is 0 Å². The molecule has 6 heteroatoms. The molecule has 1 aliphatic rings. The van der Waals surface area contributed by atoms with Gasteiger partial charge in [0.1, 0.15) is 0 Å². The predicted molar refractivity (Wildman–Crippen MR) is 71.8 cm³/mol. The lowest BCUT2D eigenvalue weighted by atomic mass is 10.1. The molecule has 2 amide bonds. The lowest BCUT2D eigenvalue weighted by Gasteiger charge is -2.31. The van der Waals surface area contributed by atoms with Crippen molar-refractivity contribution in [3.63, 3.8) is 0 Å². The third-order valence-corrected chi connectivity index (χ3v) is 3.33. The number of piperidine rings is 1. The fraction of sp³-hybridized carbons (Fsp3) is 0.692. The average molecular weight is 266 g/mol. The highest BCUT2D eigenvalue weighted by Gasteiger charge is 2.22. The van der Waals surface area contributed by atoms with Gasteiger partial charge in [0.15, 0.2) is 0 Å². The van der Waals surface area contributed by atoms with Crippen LogP contribution in [0.1, 0.15) is 31.2 Å². The highest BCUT2D eigenvalue weighted by Crippen LogP contribution is 2.10. The fourth-order valence-electron chi connectivity index (χ4n) is 2.39. The first-order valence-corrected chi connectivity index (χ1v) is 6.79. The number of likely N-dealkylation sites (tertiary alicyclic amines) is 1. The largest absolute Gasteiger partial charge is 0.391 e. The van der Waals surface area contributed by atoms with E-state index in [1.165, 1.54) is 0 Å². The minimum absolute atomic E-state index is 0.0225. The zero-order valence-corrected chi connectivity index (χ0v) is 11.5. The number of nitrogens with zero attached hydrogens (tertiary/aromatic N) is 2. The molecule has 6 nitrogen and oxygen atoms in total. The Balaban J connectivity index is 1.81. The number of aromatic amines is 1. The van der Waals surface area contributed by atoms with Crippen LogP contribution in [0.3, 0.4) is 0 Å². The number of rotatable bonds is 3. The lowest BCUT2D eigenvalue weighted by molar-refractivity contribution is 0.0835.